The van der Waals surface area contributed by atoms with Crippen molar-refractivity contribution in [2.24, 2.45) is 5.92 Å². The lowest BCUT2D eigenvalue weighted by Gasteiger charge is -2.25. The monoisotopic (exact) mass is 303 g/mol. The minimum Gasteiger partial charge on any atom is -0.480 e. The smallest absolute Gasteiger partial charge is 0.326 e. The van der Waals surface area contributed by atoms with Crippen LogP contribution in [0.5, 0.6) is 0 Å². The molecule has 1 heterocycles. The molecular formula is C13H21NO5S. The maximum Gasteiger partial charge on any atom is 0.326 e. The summed E-state index contributed by atoms with van der Waals surface area (Å²) >= 11 is 4.14. The summed E-state index contributed by atoms with van der Waals surface area (Å²) in [5.74, 6) is -1.69. The largest absolute Gasteiger partial charge is 0.480 e. The molecule has 2 atom stereocenters. The number of hydrogen-bond acceptors (Lipinski definition) is 5. The molecule has 20 heavy (non-hydrogen) atoms. The minimum atomic E-state index is -0.973. The molecule has 1 unspecified atom stereocenters. The molecule has 0 aromatic carbocycles. The molecular weight excluding hydrogens is 282 g/mol. The molecule has 1 N–H and O–H groups in total. The van der Waals surface area contributed by atoms with Crippen molar-refractivity contribution in [3.8, 4) is 0 Å². The van der Waals surface area contributed by atoms with Gasteiger partial charge in [-0.1, -0.05) is 0 Å². The van der Waals surface area contributed by atoms with Crippen molar-refractivity contribution < 1.29 is 24.2 Å². The van der Waals surface area contributed by atoms with E-state index in [4.69, 9.17) is 9.84 Å². The van der Waals surface area contributed by atoms with Gasteiger partial charge in [-0.2, -0.15) is 12.6 Å². The van der Waals surface area contributed by atoms with Gasteiger partial charge in [-0.3, -0.25) is 9.59 Å². The molecule has 0 spiro atoms. The van der Waals surface area contributed by atoms with Gasteiger partial charge in [-0.15, -0.1) is 0 Å². The van der Waals surface area contributed by atoms with Gasteiger partial charge in [0.25, 0.3) is 0 Å². The van der Waals surface area contributed by atoms with Crippen molar-refractivity contribution in [1.82, 2.24) is 4.90 Å². The van der Waals surface area contributed by atoms with E-state index in [-0.39, 0.29) is 18.3 Å². The van der Waals surface area contributed by atoms with Crippen LogP contribution in [0.4, 0.5) is 0 Å². The lowest BCUT2D eigenvalue weighted by atomic mass is 10.0. The normalized spacial score (nSPS) is 19.7. The van der Waals surface area contributed by atoms with Crippen LogP contribution in [-0.4, -0.2) is 52.8 Å². The molecule has 1 rings (SSSR count). The number of likely N-dealkylation sites (tertiary alicyclic amines) is 1. The second-order valence-electron chi connectivity index (χ2n) is 4.75. The van der Waals surface area contributed by atoms with Crippen LogP contribution in [0.1, 0.15) is 32.6 Å². The molecule has 1 saturated heterocycles. The van der Waals surface area contributed by atoms with Gasteiger partial charge in [0.2, 0.25) is 5.91 Å². The first-order chi connectivity index (χ1) is 9.51. The Morgan fingerprint density at radius 3 is 2.70 bits per heavy atom. The van der Waals surface area contributed by atoms with Crippen LogP contribution < -0.4 is 0 Å². The molecule has 0 saturated carbocycles. The SMILES string of the molecule is CCOC(=O)CCC(CS)C(=O)N1CCC[C@H]1C(=O)O. The Balaban J connectivity index is 2.58. The average Bonchev–Trinajstić information content (AvgIpc) is 2.88. The summed E-state index contributed by atoms with van der Waals surface area (Å²) in [6.07, 6.45) is 1.67. The highest BCUT2D eigenvalue weighted by Gasteiger charge is 2.36. The van der Waals surface area contributed by atoms with E-state index >= 15 is 0 Å². The van der Waals surface area contributed by atoms with E-state index < -0.39 is 17.9 Å². The van der Waals surface area contributed by atoms with Crippen LogP contribution in [-0.2, 0) is 19.1 Å². The van der Waals surface area contributed by atoms with Gasteiger partial charge in [0.1, 0.15) is 6.04 Å². The minimum absolute atomic E-state index is 0.149. The van der Waals surface area contributed by atoms with E-state index in [1.54, 1.807) is 6.92 Å². The van der Waals surface area contributed by atoms with Crippen molar-refractivity contribution in [2.45, 2.75) is 38.6 Å². The third kappa shape index (κ3) is 4.40. The van der Waals surface area contributed by atoms with Crippen molar-refractivity contribution in [2.75, 3.05) is 18.9 Å². The fraction of sp³-hybridized carbons (Fsp3) is 0.769. The average molecular weight is 303 g/mol. The Morgan fingerprint density at radius 2 is 2.15 bits per heavy atom. The van der Waals surface area contributed by atoms with Crippen molar-refractivity contribution in [3.05, 3.63) is 0 Å². The molecule has 0 aliphatic carbocycles. The maximum absolute atomic E-state index is 12.3. The number of carbonyl (C=O) groups is 3. The first-order valence-corrected chi connectivity index (χ1v) is 7.44. The van der Waals surface area contributed by atoms with Crippen LogP contribution in [0.3, 0.4) is 0 Å². The Kier molecular flexibility index (Phi) is 6.84. The number of nitrogens with zero attached hydrogens (tertiary/aromatic N) is 1. The molecule has 1 amide bonds. The summed E-state index contributed by atoms with van der Waals surface area (Å²) in [7, 11) is 0. The molecule has 1 fully saturated rings. The predicted octanol–water partition coefficient (Wildman–Crippen LogP) is 0.951. The number of hydrogen-bond donors (Lipinski definition) is 2. The molecule has 6 nitrogen and oxygen atoms in total. The quantitative estimate of drug-likeness (QED) is 0.540. The number of amides is 1. The van der Waals surface area contributed by atoms with Gasteiger partial charge < -0.3 is 14.7 Å². The number of esters is 1. The Hall–Kier alpha value is -1.24. The zero-order valence-corrected chi connectivity index (χ0v) is 12.5. The number of carboxylic acids is 1. The molecule has 1 aliphatic heterocycles. The molecule has 0 radical (unpaired) electrons. The zero-order valence-electron chi connectivity index (χ0n) is 11.6. The predicted molar refractivity (Wildman–Crippen MR) is 75.6 cm³/mol. The van der Waals surface area contributed by atoms with Gasteiger partial charge in [0, 0.05) is 24.6 Å². The fourth-order valence-corrected chi connectivity index (χ4v) is 2.68. The van der Waals surface area contributed by atoms with Crippen LogP contribution in [0.2, 0.25) is 0 Å². The van der Waals surface area contributed by atoms with E-state index in [0.717, 1.165) is 0 Å². The second-order valence-corrected chi connectivity index (χ2v) is 5.12. The van der Waals surface area contributed by atoms with Gasteiger partial charge in [0.15, 0.2) is 0 Å². The molecule has 114 valence electrons. The Labute approximate surface area is 123 Å². The highest BCUT2D eigenvalue weighted by molar-refractivity contribution is 7.80. The molecule has 0 bridgehead atoms. The number of carbonyl (C=O) groups excluding carboxylic acids is 2. The third-order valence-corrected chi connectivity index (χ3v) is 3.83. The van der Waals surface area contributed by atoms with E-state index in [1.165, 1.54) is 4.90 Å². The lowest BCUT2D eigenvalue weighted by molar-refractivity contribution is -0.150. The van der Waals surface area contributed by atoms with Crippen molar-refractivity contribution >= 4 is 30.5 Å². The summed E-state index contributed by atoms with van der Waals surface area (Å²) in [4.78, 5) is 36.1. The van der Waals surface area contributed by atoms with E-state index in [9.17, 15) is 14.4 Å². The fourth-order valence-electron chi connectivity index (χ4n) is 2.34. The van der Waals surface area contributed by atoms with Gasteiger partial charge in [-0.25, -0.2) is 4.79 Å². The summed E-state index contributed by atoms with van der Waals surface area (Å²) < 4.78 is 4.82. The maximum atomic E-state index is 12.3. The lowest BCUT2D eigenvalue weighted by Crippen LogP contribution is -2.44. The van der Waals surface area contributed by atoms with Crippen LogP contribution in [0.15, 0.2) is 0 Å². The standard InChI is InChI=1S/C13H21NO5S/c1-2-19-11(15)6-5-9(8-20)12(16)14-7-3-4-10(14)13(17)18/h9-10,20H,2-8H2,1H3,(H,17,18)/t9?,10-/m0/s1. The summed E-state index contributed by atoms with van der Waals surface area (Å²) in [5, 5.41) is 9.09. The first-order valence-electron chi connectivity index (χ1n) is 6.81. The topological polar surface area (TPSA) is 83.9 Å². The summed E-state index contributed by atoms with van der Waals surface area (Å²) in [6, 6.07) is -0.743. The van der Waals surface area contributed by atoms with Crippen molar-refractivity contribution in [1.29, 1.82) is 0 Å². The first kappa shape index (κ1) is 16.8. The Morgan fingerprint density at radius 1 is 1.45 bits per heavy atom. The highest BCUT2D eigenvalue weighted by Crippen LogP contribution is 2.22. The molecule has 7 heteroatoms. The highest BCUT2D eigenvalue weighted by atomic mass is 32.1. The summed E-state index contributed by atoms with van der Waals surface area (Å²) in [6.45, 7) is 2.49. The number of rotatable bonds is 7. The van der Waals surface area contributed by atoms with Gasteiger partial charge >= 0.3 is 11.9 Å². The van der Waals surface area contributed by atoms with Gasteiger partial charge in [-0.05, 0) is 26.2 Å². The van der Waals surface area contributed by atoms with Crippen LogP contribution in [0, 0.1) is 5.92 Å². The number of thiol groups is 1. The molecule has 0 aromatic heterocycles. The Bertz CT molecular complexity index is 374. The van der Waals surface area contributed by atoms with Crippen molar-refractivity contribution in [3.63, 3.8) is 0 Å². The number of ether oxygens (including phenoxy) is 1. The third-order valence-electron chi connectivity index (χ3n) is 3.39. The van der Waals surface area contributed by atoms with E-state index in [0.29, 0.717) is 38.2 Å². The van der Waals surface area contributed by atoms with Crippen LogP contribution in [0.25, 0.3) is 0 Å². The summed E-state index contributed by atoms with van der Waals surface area (Å²) in [5.41, 5.74) is 0. The van der Waals surface area contributed by atoms with Crippen LogP contribution >= 0.6 is 12.6 Å². The second kappa shape index (κ2) is 8.14. The van der Waals surface area contributed by atoms with E-state index in [2.05, 4.69) is 12.6 Å². The number of aliphatic carboxylic acids is 1. The molecule has 1 aliphatic rings. The van der Waals surface area contributed by atoms with Gasteiger partial charge in [0.05, 0.1) is 6.61 Å². The van der Waals surface area contributed by atoms with E-state index in [1.807, 2.05) is 0 Å². The molecule has 0 aromatic rings. The zero-order chi connectivity index (χ0) is 15.1. The number of carboxylic acid groups (broad SMARTS) is 1.